The molecule has 1 heterocycles. The van der Waals surface area contributed by atoms with Crippen molar-refractivity contribution in [2.75, 3.05) is 13.7 Å². The molecule has 1 aromatic heterocycles. The highest BCUT2D eigenvalue weighted by atomic mass is 16.5. The number of aromatic nitrogens is 1. The van der Waals surface area contributed by atoms with E-state index in [0.717, 1.165) is 10.9 Å². The lowest BCUT2D eigenvalue weighted by Gasteiger charge is -2.14. The summed E-state index contributed by atoms with van der Waals surface area (Å²) in [6.45, 7) is 4.94. The minimum absolute atomic E-state index is 0.0673. The number of nitrogens with one attached hydrogen (secondary N) is 1. The number of hydrogen-bond donors (Lipinski definition) is 2. The highest BCUT2D eigenvalue weighted by Gasteiger charge is 2.16. The first-order valence-corrected chi connectivity index (χ1v) is 9.76. The highest BCUT2D eigenvalue weighted by molar-refractivity contribution is 5.99. The van der Waals surface area contributed by atoms with Crippen LogP contribution in [0.2, 0.25) is 0 Å². The van der Waals surface area contributed by atoms with Gasteiger partial charge >= 0.3 is 0 Å². The van der Waals surface area contributed by atoms with Crippen LogP contribution in [0.15, 0.2) is 59.9 Å². The zero-order chi connectivity index (χ0) is 22.5. The van der Waals surface area contributed by atoms with Gasteiger partial charge in [0.25, 0.3) is 5.91 Å². The molecule has 160 valence electrons. The summed E-state index contributed by atoms with van der Waals surface area (Å²) in [5, 5.41) is 3.58. The number of rotatable bonds is 7. The van der Waals surface area contributed by atoms with Crippen LogP contribution in [-0.2, 0) is 4.79 Å². The lowest BCUT2D eigenvalue weighted by atomic mass is 10.1. The molecule has 7 nitrogen and oxygen atoms in total. The van der Waals surface area contributed by atoms with E-state index in [1.165, 1.54) is 6.92 Å². The number of amides is 1. The number of carbonyl (C=O) groups excluding carboxylic acids is 2. The number of pyridine rings is 1. The molecule has 0 atom stereocenters. The molecule has 0 aliphatic carbocycles. The van der Waals surface area contributed by atoms with E-state index in [9.17, 15) is 9.59 Å². The average molecular weight is 419 g/mol. The van der Waals surface area contributed by atoms with Crippen molar-refractivity contribution in [3.63, 3.8) is 0 Å². The fraction of sp³-hybridized carbons (Fsp3) is 0.208. The molecular weight excluding hydrogens is 394 g/mol. The molecule has 3 aromatic rings. The topological polar surface area (TPSA) is 104 Å². The molecule has 31 heavy (non-hydrogen) atoms. The summed E-state index contributed by atoms with van der Waals surface area (Å²) in [7, 11) is 1.60. The first-order chi connectivity index (χ1) is 14.8. The minimum atomic E-state index is -0.313. The second-order valence-corrected chi connectivity index (χ2v) is 7.12. The monoisotopic (exact) mass is 419 g/mol. The van der Waals surface area contributed by atoms with Crippen LogP contribution in [0.1, 0.15) is 29.8 Å². The molecule has 0 spiro atoms. The van der Waals surface area contributed by atoms with Crippen molar-refractivity contribution in [1.29, 1.82) is 0 Å². The molecule has 0 saturated carbocycles. The Morgan fingerprint density at radius 3 is 2.55 bits per heavy atom. The predicted molar refractivity (Wildman–Crippen MR) is 119 cm³/mol. The van der Waals surface area contributed by atoms with E-state index in [1.54, 1.807) is 44.5 Å². The van der Waals surface area contributed by atoms with Crippen molar-refractivity contribution in [3.8, 4) is 17.2 Å². The van der Waals surface area contributed by atoms with Crippen LogP contribution in [0, 0.1) is 6.92 Å². The van der Waals surface area contributed by atoms with E-state index >= 15 is 0 Å². The number of nitrogens with zero attached hydrogens (tertiary/aromatic N) is 1. The molecule has 0 fully saturated rings. The summed E-state index contributed by atoms with van der Waals surface area (Å²) >= 11 is 0. The fourth-order valence-corrected chi connectivity index (χ4v) is 3.21. The third-order valence-electron chi connectivity index (χ3n) is 4.99. The third-order valence-corrected chi connectivity index (χ3v) is 4.99. The maximum atomic E-state index is 12.7. The van der Waals surface area contributed by atoms with Gasteiger partial charge in [-0.3, -0.25) is 14.6 Å². The Morgan fingerprint density at radius 2 is 1.87 bits per heavy atom. The Kier molecular flexibility index (Phi) is 6.55. The van der Waals surface area contributed by atoms with Gasteiger partial charge < -0.3 is 20.5 Å². The Morgan fingerprint density at radius 1 is 1.10 bits per heavy atom. The molecule has 0 aliphatic heterocycles. The van der Waals surface area contributed by atoms with Gasteiger partial charge in [0.2, 0.25) is 0 Å². The number of fused-ring (bicyclic) bond motifs is 1. The summed E-state index contributed by atoms with van der Waals surface area (Å²) in [6, 6.07) is 12.6. The number of benzene rings is 2. The van der Waals surface area contributed by atoms with Crippen LogP contribution in [0.3, 0.4) is 0 Å². The van der Waals surface area contributed by atoms with Gasteiger partial charge in [0.15, 0.2) is 5.78 Å². The third kappa shape index (κ3) is 4.83. The number of hydrogen-bond acceptors (Lipinski definition) is 6. The minimum Gasteiger partial charge on any atom is -0.497 e. The summed E-state index contributed by atoms with van der Waals surface area (Å²) in [6.07, 6.45) is 1.66. The van der Waals surface area contributed by atoms with Crippen molar-refractivity contribution in [3.05, 3.63) is 71.1 Å². The van der Waals surface area contributed by atoms with Crippen LogP contribution in [0.4, 0.5) is 0 Å². The zero-order valence-electron chi connectivity index (χ0n) is 18.0. The molecule has 3 N–H and O–H groups in total. The number of Topliss-reactive ketones (excluding diaryl/α,β-unsaturated/α-hetero) is 1. The molecule has 3 rings (SSSR count). The van der Waals surface area contributed by atoms with Crippen LogP contribution in [0.25, 0.3) is 10.9 Å². The fourth-order valence-electron chi connectivity index (χ4n) is 3.21. The standard InChI is InChI=1S/C24H25N3O4/c1-14-18(24(29)27-13-20(15(2)25)16(3)28)6-5-7-22(14)31-23-10-11-26-21-12-17(30-4)8-9-19(21)23/h5-12H,13,25H2,1-4H3,(H,27,29). The molecule has 0 radical (unpaired) electrons. The average Bonchev–Trinajstić information content (AvgIpc) is 2.74. The molecule has 1 amide bonds. The second kappa shape index (κ2) is 9.30. The summed E-state index contributed by atoms with van der Waals surface area (Å²) in [5.74, 6) is 1.39. The van der Waals surface area contributed by atoms with E-state index in [-0.39, 0.29) is 18.2 Å². The van der Waals surface area contributed by atoms with Crippen molar-refractivity contribution >= 4 is 22.6 Å². The number of carbonyl (C=O) groups is 2. The van der Waals surface area contributed by atoms with Gasteiger partial charge in [-0.25, -0.2) is 0 Å². The number of ether oxygens (including phenoxy) is 2. The zero-order valence-corrected chi connectivity index (χ0v) is 18.0. The van der Waals surface area contributed by atoms with Crippen LogP contribution < -0.4 is 20.5 Å². The first kappa shape index (κ1) is 21.8. The molecule has 2 aromatic carbocycles. The maximum Gasteiger partial charge on any atom is 0.251 e. The molecule has 0 aliphatic rings. The van der Waals surface area contributed by atoms with Gasteiger partial charge in [-0.15, -0.1) is 0 Å². The largest absolute Gasteiger partial charge is 0.497 e. The summed E-state index contributed by atoms with van der Waals surface area (Å²) in [4.78, 5) is 28.8. The van der Waals surface area contributed by atoms with Crippen molar-refractivity contribution in [1.82, 2.24) is 10.3 Å². The predicted octanol–water partition coefficient (Wildman–Crippen LogP) is 3.90. The molecular formula is C24H25N3O4. The van der Waals surface area contributed by atoms with E-state index < -0.39 is 0 Å². The Bertz CT molecular complexity index is 1180. The number of nitrogens with two attached hydrogens (primary N) is 1. The lowest BCUT2D eigenvalue weighted by molar-refractivity contribution is -0.113. The van der Waals surface area contributed by atoms with Crippen LogP contribution in [-0.4, -0.2) is 30.3 Å². The Balaban J connectivity index is 1.86. The molecule has 0 saturated heterocycles. The van der Waals surface area contributed by atoms with Crippen molar-refractivity contribution in [2.24, 2.45) is 5.73 Å². The van der Waals surface area contributed by atoms with Crippen molar-refractivity contribution < 1.29 is 19.1 Å². The number of ketones is 1. The van der Waals surface area contributed by atoms with Gasteiger partial charge in [0, 0.05) is 46.6 Å². The smallest absolute Gasteiger partial charge is 0.251 e. The first-order valence-electron chi connectivity index (χ1n) is 9.76. The number of methoxy groups -OCH3 is 1. The van der Waals surface area contributed by atoms with Crippen molar-refractivity contribution in [2.45, 2.75) is 20.8 Å². The molecule has 0 unspecified atom stereocenters. The second-order valence-electron chi connectivity index (χ2n) is 7.12. The van der Waals surface area contributed by atoms with E-state index in [4.69, 9.17) is 15.2 Å². The maximum absolute atomic E-state index is 12.7. The normalized spacial score (nSPS) is 11.6. The summed E-state index contributed by atoms with van der Waals surface area (Å²) in [5.41, 5.74) is 8.39. The van der Waals surface area contributed by atoms with E-state index in [1.807, 2.05) is 25.1 Å². The van der Waals surface area contributed by atoms with Gasteiger partial charge in [-0.05, 0) is 51.1 Å². The Hall–Kier alpha value is -3.87. The SMILES string of the molecule is COc1ccc2c(Oc3cccc(C(=O)NCC(C(C)=O)=C(C)N)c3C)ccnc2c1. The Labute approximate surface area is 180 Å². The van der Waals surface area contributed by atoms with Crippen LogP contribution >= 0.6 is 0 Å². The summed E-state index contributed by atoms with van der Waals surface area (Å²) < 4.78 is 11.4. The van der Waals surface area contributed by atoms with E-state index in [0.29, 0.717) is 39.6 Å². The number of allylic oxidation sites excluding steroid dienone is 1. The molecule has 0 bridgehead atoms. The highest BCUT2D eigenvalue weighted by Crippen LogP contribution is 2.33. The van der Waals surface area contributed by atoms with E-state index in [2.05, 4.69) is 10.3 Å². The molecule has 7 heteroatoms. The lowest BCUT2D eigenvalue weighted by Crippen LogP contribution is -2.29. The van der Waals surface area contributed by atoms with Crippen LogP contribution in [0.5, 0.6) is 17.2 Å². The van der Waals surface area contributed by atoms with Gasteiger partial charge in [-0.1, -0.05) is 6.07 Å². The van der Waals surface area contributed by atoms with Gasteiger partial charge in [0.05, 0.1) is 12.6 Å². The van der Waals surface area contributed by atoms with Gasteiger partial charge in [-0.2, -0.15) is 0 Å². The quantitative estimate of drug-likeness (QED) is 0.563. The van der Waals surface area contributed by atoms with Gasteiger partial charge in [0.1, 0.15) is 17.2 Å².